The van der Waals surface area contributed by atoms with Crippen molar-refractivity contribution < 1.29 is 14.0 Å². The average molecular weight is 407 g/mol. The van der Waals surface area contributed by atoms with Crippen molar-refractivity contribution in [3.63, 3.8) is 0 Å². The van der Waals surface area contributed by atoms with Gasteiger partial charge in [-0.1, -0.05) is 24.3 Å². The van der Waals surface area contributed by atoms with E-state index in [1.54, 1.807) is 11.0 Å². The third-order valence-electron chi connectivity index (χ3n) is 5.81. The summed E-state index contributed by atoms with van der Waals surface area (Å²) in [5.41, 5.74) is 4.09. The first kappa shape index (κ1) is 20.1. The Kier molecular flexibility index (Phi) is 5.57. The van der Waals surface area contributed by atoms with E-state index in [4.69, 9.17) is 0 Å². The second-order valence-electron chi connectivity index (χ2n) is 7.68. The molecule has 0 unspecified atom stereocenters. The maximum atomic E-state index is 14.1. The van der Waals surface area contributed by atoms with Crippen LogP contribution in [0.15, 0.2) is 42.5 Å². The van der Waals surface area contributed by atoms with Gasteiger partial charge in [-0.3, -0.25) is 9.59 Å². The number of carbonyl (C=O) groups excluding carboxylic acids is 2. The number of nitrogens with one attached hydrogen (secondary N) is 1. The molecule has 1 aromatic heterocycles. The molecule has 1 fully saturated rings. The third kappa shape index (κ3) is 3.58. The molecule has 2 aromatic carbocycles. The Morgan fingerprint density at radius 3 is 2.70 bits per heavy atom. The number of anilines is 1. The number of amides is 2. The molecule has 0 aliphatic carbocycles. The molecule has 1 N–H and O–H groups in total. The minimum atomic E-state index is -0.379. The third-order valence-corrected chi connectivity index (χ3v) is 5.81. The Balaban J connectivity index is 1.70. The van der Waals surface area contributed by atoms with E-state index >= 15 is 0 Å². The van der Waals surface area contributed by atoms with Gasteiger partial charge in [-0.15, -0.1) is 0 Å². The summed E-state index contributed by atoms with van der Waals surface area (Å²) in [5.74, 6) is -0.643. The first-order chi connectivity index (χ1) is 14.5. The van der Waals surface area contributed by atoms with Gasteiger partial charge in [0.2, 0.25) is 5.91 Å². The highest BCUT2D eigenvalue weighted by Crippen LogP contribution is 2.37. The zero-order valence-electron chi connectivity index (χ0n) is 17.4. The van der Waals surface area contributed by atoms with Crippen LogP contribution in [0.2, 0.25) is 0 Å². The molecule has 1 saturated heterocycles. The number of nitrogens with zero attached hydrogens (tertiary/aromatic N) is 2. The highest BCUT2D eigenvalue weighted by molar-refractivity contribution is 6.14. The van der Waals surface area contributed by atoms with Gasteiger partial charge in [-0.05, 0) is 56.0 Å². The van der Waals surface area contributed by atoms with Gasteiger partial charge in [0, 0.05) is 31.4 Å². The van der Waals surface area contributed by atoms with Crippen LogP contribution in [0.3, 0.4) is 0 Å². The van der Waals surface area contributed by atoms with Crippen LogP contribution < -0.4 is 10.2 Å². The number of benzene rings is 2. The van der Waals surface area contributed by atoms with Crippen molar-refractivity contribution in [1.29, 1.82) is 0 Å². The van der Waals surface area contributed by atoms with Crippen molar-refractivity contribution in [2.75, 3.05) is 18.0 Å². The molecule has 1 aliphatic rings. The molecule has 2 heterocycles. The van der Waals surface area contributed by atoms with Crippen LogP contribution in [0.25, 0.3) is 10.9 Å². The van der Waals surface area contributed by atoms with Crippen molar-refractivity contribution in [3.05, 3.63) is 65.1 Å². The van der Waals surface area contributed by atoms with Crippen molar-refractivity contribution in [1.82, 2.24) is 9.88 Å². The molecule has 0 atom stereocenters. The zero-order valence-corrected chi connectivity index (χ0v) is 17.4. The lowest BCUT2D eigenvalue weighted by molar-refractivity contribution is -0.117. The van der Waals surface area contributed by atoms with Crippen LogP contribution in [0.5, 0.6) is 0 Å². The summed E-state index contributed by atoms with van der Waals surface area (Å²) in [6, 6.07) is 12.6. The second-order valence-corrected chi connectivity index (χ2v) is 7.68. The number of halogens is 1. The summed E-state index contributed by atoms with van der Waals surface area (Å²) in [7, 11) is 0. The highest BCUT2D eigenvalue weighted by atomic mass is 19.1. The van der Waals surface area contributed by atoms with Gasteiger partial charge < -0.3 is 14.8 Å². The van der Waals surface area contributed by atoms with Crippen LogP contribution in [0.1, 0.15) is 41.4 Å². The van der Waals surface area contributed by atoms with Crippen LogP contribution in [-0.2, 0) is 17.8 Å². The maximum absolute atomic E-state index is 14.1. The molecule has 2 amide bonds. The van der Waals surface area contributed by atoms with Crippen molar-refractivity contribution in [3.8, 4) is 0 Å². The van der Waals surface area contributed by atoms with E-state index in [0.29, 0.717) is 42.8 Å². The summed E-state index contributed by atoms with van der Waals surface area (Å²) in [6.45, 7) is 5.57. The summed E-state index contributed by atoms with van der Waals surface area (Å²) >= 11 is 0. The summed E-state index contributed by atoms with van der Waals surface area (Å²) in [5, 5.41) is 3.62. The number of hydrogen-bond donors (Lipinski definition) is 1. The molecule has 4 rings (SSSR count). The van der Waals surface area contributed by atoms with E-state index in [9.17, 15) is 14.0 Å². The van der Waals surface area contributed by atoms with E-state index < -0.39 is 0 Å². The largest absolute Gasteiger partial charge is 0.350 e. The highest BCUT2D eigenvalue weighted by Gasteiger charge is 2.31. The zero-order chi connectivity index (χ0) is 21.3. The molecule has 0 saturated carbocycles. The van der Waals surface area contributed by atoms with Gasteiger partial charge >= 0.3 is 0 Å². The fourth-order valence-corrected chi connectivity index (χ4v) is 4.31. The molecular formula is C24H26FN3O2. The molecule has 1 aliphatic heterocycles. The lowest BCUT2D eigenvalue weighted by Crippen LogP contribution is -2.32. The Morgan fingerprint density at radius 1 is 1.20 bits per heavy atom. The Morgan fingerprint density at radius 2 is 2.00 bits per heavy atom. The fourth-order valence-electron chi connectivity index (χ4n) is 4.31. The first-order valence-corrected chi connectivity index (χ1v) is 10.5. The fraction of sp³-hybridized carbons (Fsp3) is 0.333. The molecule has 156 valence electrons. The average Bonchev–Trinajstić information content (AvgIpc) is 3.29. The number of aromatic nitrogens is 1. The number of rotatable bonds is 6. The standard InChI is InChI=1S/C24H26FN3O2/c1-3-27-20-11-10-18(25)15-19(20)22(28-14-6-9-21(28)29)23(27)24(30)26-13-12-17-8-5-4-7-16(17)2/h4-5,7-8,10-11,15H,3,6,9,12-14H2,1-2H3,(H,26,30). The minimum Gasteiger partial charge on any atom is -0.350 e. The number of fused-ring (bicyclic) bond motifs is 1. The Bertz CT molecular complexity index is 1120. The molecule has 0 radical (unpaired) electrons. The predicted molar refractivity (Wildman–Crippen MR) is 116 cm³/mol. The molecule has 5 nitrogen and oxygen atoms in total. The molecule has 0 bridgehead atoms. The smallest absolute Gasteiger partial charge is 0.270 e. The lowest BCUT2D eigenvalue weighted by atomic mass is 10.1. The van der Waals surface area contributed by atoms with Gasteiger partial charge in [0.05, 0.1) is 11.2 Å². The van der Waals surface area contributed by atoms with E-state index in [1.807, 2.05) is 23.6 Å². The second kappa shape index (κ2) is 8.30. The molecule has 3 aromatic rings. The summed E-state index contributed by atoms with van der Waals surface area (Å²) in [4.78, 5) is 27.4. The van der Waals surface area contributed by atoms with Crippen LogP contribution in [-0.4, -0.2) is 29.5 Å². The van der Waals surface area contributed by atoms with Crippen LogP contribution in [0.4, 0.5) is 10.1 Å². The van der Waals surface area contributed by atoms with Crippen molar-refractivity contribution >= 4 is 28.4 Å². The van der Waals surface area contributed by atoms with E-state index in [2.05, 4.69) is 24.4 Å². The number of carbonyl (C=O) groups is 2. The van der Waals surface area contributed by atoms with E-state index in [0.717, 1.165) is 18.4 Å². The van der Waals surface area contributed by atoms with Gasteiger partial charge in [0.1, 0.15) is 11.5 Å². The Hall–Kier alpha value is -3.15. The molecule has 0 spiro atoms. The topological polar surface area (TPSA) is 54.3 Å². The summed E-state index contributed by atoms with van der Waals surface area (Å²) < 4.78 is 15.9. The Labute approximate surface area is 175 Å². The van der Waals surface area contributed by atoms with Crippen molar-refractivity contribution in [2.45, 2.75) is 39.7 Å². The van der Waals surface area contributed by atoms with Gasteiger partial charge in [0.25, 0.3) is 5.91 Å². The number of hydrogen-bond acceptors (Lipinski definition) is 2. The quantitative estimate of drug-likeness (QED) is 0.666. The van der Waals surface area contributed by atoms with Gasteiger partial charge in [0.15, 0.2) is 0 Å². The molecular weight excluding hydrogens is 381 g/mol. The van der Waals surface area contributed by atoms with Gasteiger partial charge in [-0.2, -0.15) is 0 Å². The predicted octanol–water partition coefficient (Wildman–Crippen LogP) is 4.21. The first-order valence-electron chi connectivity index (χ1n) is 10.5. The summed E-state index contributed by atoms with van der Waals surface area (Å²) in [6.07, 6.45) is 1.90. The molecule has 6 heteroatoms. The monoisotopic (exact) mass is 407 g/mol. The van der Waals surface area contributed by atoms with Crippen LogP contribution >= 0.6 is 0 Å². The normalized spacial score (nSPS) is 14.0. The minimum absolute atomic E-state index is 0.0247. The number of aryl methyl sites for hydroxylation is 2. The maximum Gasteiger partial charge on any atom is 0.270 e. The van der Waals surface area contributed by atoms with E-state index in [-0.39, 0.29) is 17.6 Å². The van der Waals surface area contributed by atoms with Crippen molar-refractivity contribution in [2.24, 2.45) is 0 Å². The van der Waals surface area contributed by atoms with Crippen LogP contribution in [0, 0.1) is 12.7 Å². The molecule has 30 heavy (non-hydrogen) atoms. The lowest BCUT2D eigenvalue weighted by Gasteiger charge is -2.18. The van der Waals surface area contributed by atoms with E-state index in [1.165, 1.54) is 23.3 Å². The SMILES string of the molecule is CCn1c(C(=O)NCCc2ccccc2C)c(N2CCCC2=O)c2cc(F)ccc21. The van der Waals surface area contributed by atoms with Gasteiger partial charge in [-0.25, -0.2) is 4.39 Å².